The minimum absolute atomic E-state index is 0.0680. The fourth-order valence-electron chi connectivity index (χ4n) is 1.90. The summed E-state index contributed by atoms with van der Waals surface area (Å²) in [5.74, 6) is 0.752. The predicted molar refractivity (Wildman–Crippen MR) is 67.7 cm³/mol. The van der Waals surface area contributed by atoms with Crippen molar-refractivity contribution in [2.75, 3.05) is 7.05 Å². The van der Waals surface area contributed by atoms with Crippen molar-refractivity contribution in [1.29, 1.82) is 0 Å². The fraction of sp³-hybridized carbons (Fsp3) is 0.214. The van der Waals surface area contributed by atoms with Gasteiger partial charge in [-0.05, 0) is 43.8 Å². The zero-order valence-corrected chi connectivity index (χ0v) is 10.3. The zero-order chi connectivity index (χ0) is 13.1. The summed E-state index contributed by atoms with van der Waals surface area (Å²) in [5, 5.41) is 12.0. The molecule has 4 heteroatoms. The molecule has 0 amide bonds. The van der Waals surface area contributed by atoms with Crippen molar-refractivity contribution in [2.45, 2.75) is 13.0 Å². The molecule has 2 rings (SSSR count). The van der Waals surface area contributed by atoms with Crippen LogP contribution >= 0.6 is 0 Å². The second kappa shape index (κ2) is 5.06. The van der Waals surface area contributed by atoms with Crippen molar-refractivity contribution < 1.29 is 14.3 Å². The van der Waals surface area contributed by atoms with E-state index in [0.717, 1.165) is 17.1 Å². The summed E-state index contributed by atoms with van der Waals surface area (Å²) in [6.45, 7) is 1.89. The molecule has 2 aromatic rings. The van der Waals surface area contributed by atoms with Gasteiger partial charge in [-0.2, -0.15) is 0 Å². The zero-order valence-electron chi connectivity index (χ0n) is 10.3. The van der Waals surface area contributed by atoms with Gasteiger partial charge in [0.05, 0.1) is 11.6 Å². The van der Waals surface area contributed by atoms with E-state index < -0.39 is 5.97 Å². The molecule has 0 aliphatic heterocycles. The highest BCUT2D eigenvalue weighted by molar-refractivity contribution is 5.87. The summed E-state index contributed by atoms with van der Waals surface area (Å²) in [6, 6.07) is 10.5. The SMILES string of the molecule is CNC(c1ccc(C(=O)O)cc1)c1ccc(C)o1. The van der Waals surface area contributed by atoms with Gasteiger partial charge < -0.3 is 14.8 Å². The van der Waals surface area contributed by atoms with Gasteiger partial charge in [-0.3, -0.25) is 0 Å². The van der Waals surface area contributed by atoms with Crippen molar-refractivity contribution in [3.05, 3.63) is 59.0 Å². The lowest BCUT2D eigenvalue weighted by atomic mass is 10.0. The third-order valence-corrected chi connectivity index (χ3v) is 2.83. The third-order valence-electron chi connectivity index (χ3n) is 2.83. The van der Waals surface area contributed by atoms with Crippen LogP contribution < -0.4 is 5.32 Å². The average molecular weight is 245 g/mol. The van der Waals surface area contributed by atoms with Crippen LogP contribution in [0.3, 0.4) is 0 Å². The molecule has 0 bridgehead atoms. The molecule has 1 atom stereocenters. The maximum absolute atomic E-state index is 10.8. The Balaban J connectivity index is 2.30. The van der Waals surface area contributed by atoms with Gasteiger partial charge in [0.2, 0.25) is 0 Å². The first-order chi connectivity index (χ1) is 8.61. The van der Waals surface area contributed by atoms with E-state index >= 15 is 0 Å². The van der Waals surface area contributed by atoms with Gasteiger partial charge in [0.15, 0.2) is 0 Å². The third kappa shape index (κ3) is 2.43. The van der Waals surface area contributed by atoms with E-state index in [1.807, 2.05) is 26.1 Å². The van der Waals surface area contributed by atoms with Gasteiger partial charge in [-0.25, -0.2) is 4.79 Å². The van der Waals surface area contributed by atoms with Gasteiger partial charge in [-0.1, -0.05) is 12.1 Å². The Kier molecular flexibility index (Phi) is 3.48. The Morgan fingerprint density at radius 1 is 1.22 bits per heavy atom. The largest absolute Gasteiger partial charge is 0.478 e. The Hall–Kier alpha value is -2.07. The molecule has 2 N–H and O–H groups in total. The number of furan rings is 1. The molecule has 1 heterocycles. The molecule has 1 aromatic heterocycles. The number of hydrogen-bond donors (Lipinski definition) is 2. The molecule has 1 aromatic carbocycles. The molecule has 0 aliphatic carbocycles. The van der Waals surface area contributed by atoms with Crippen molar-refractivity contribution in [1.82, 2.24) is 5.32 Å². The first kappa shape index (κ1) is 12.4. The van der Waals surface area contributed by atoms with E-state index in [1.54, 1.807) is 24.3 Å². The van der Waals surface area contributed by atoms with Crippen molar-refractivity contribution in [3.8, 4) is 0 Å². The second-order valence-corrected chi connectivity index (χ2v) is 4.10. The minimum Gasteiger partial charge on any atom is -0.478 e. The van der Waals surface area contributed by atoms with Crippen LogP contribution in [0.25, 0.3) is 0 Å². The first-order valence-electron chi connectivity index (χ1n) is 5.68. The molecule has 0 radical (unpaired) electrons. The Morgan fingerprint density at radius 3 is 2.33 bits per heavy atom. The number of carbonyl (C=O) groups is 1. The molecule has 0 aliphatic rings. The number of carboxylic acids is 1. The molecule has 4 nitrogen and oxygen atoms in total. The van der Waals surface area contributed by atoms with E-state index in [9.17, 15) is 4.79 Å². The van der Waals surface area contributed by atoms with Crippen molar-refractivity contribution in [3.63, 3.8) is 0 Å². The maximum atomic E-state index is 10.8. The number of hydrogen-bond acceptors (Lipinski definition) is 3. The van der Waals surface area contributed by atoms with E-state index in [2.05, 4.69) is 5.32 Å². The lowest BCUT2D eigenvalue weighted by Gasteiger charge is -2.14. The number of aryl methyl sites for hydroxylation is 1. The smallest absolute Gasteiger partial charge is 0.335 e. The topological polar surface area (TPSA) is 62.5 Å². The van der Waals surface area contributed by atoms with Crippen LogP contribution in [0.5, 0.6) is 0 Å². The highest BCUT2D eigenvalue weighted by atomic mass is 16.4. The molecular formula is C14H15NO3. The Labute approximate surface area is 105 Å². The maximum Gasteiger partial charge on any atom is 0.335 e. The summed E-state index contributed by atoms with van der Waals surface area (Å²) in [4.78, 5) is 10.8. The molecule has 0 spiro atoms. The van der Waals surface area contributed by atoms with Crippen molar-refractivity contribution >= 4 is 5.97 Å². The number of rotatable bonds is 4. The van der Waals surface area contributed by atoms with E-state index in [-0.39, 0.29) is 11.6 Å². The van der Waals surface area contributed by atoms with Gasteiger partial charge in [0, 0.05) is 0 Å². The molecule has 0 fully saturated rings. The van der Waals surface area contributed by atoms with Gasteiger partial charge >= 0.3 is 5.97 Å². The molecule has 0 saturated carbocycles. The summed E-state index contributed by atoms with van der Waals surface area (Å²) >= 11 is 0. The molecular weight excluding hydrogens is 230 g/mol. The van der Waals surface area contributed by atoms with Crippen LogP contribution in [0, 0.1) is 6.92 Å². The number of aromatic carboxylic acids is 1. The average Bonchev–Trinajstić information content (AvgIpc) is 2.77. The Bertz CT molecular complexity index is 542. The van der Waals surface area contributed by atoms with Gasteiger partial charge in [0.25, 0.3) is 0 Å². The van der Waals surface area contributed by atoms with Crippen LogP contribution in [0.15, 0.2) is 40.8 Å². The molecule has 94 valence electrons. The quantitative estimate of drug-likeness (QED) is 0.869. The molecule has 1 unspecified atom stereocenters. The summed E-state index contributed by atoms with van der Waals surface area (Å²) in [5.41, 5.74) is 1.25. The lowest BCUT2D eigenvalue weighted by molar-refractivity contribution is 0.0697. The summed E-state index contributed by atoms with van der Waals surface area (Å²) in [7, 11) is 1.84. The monoisotopic (exact) mass is 245 g/mol. The first-order valence-corrected chi connectivity index (χ1v) is 5.68. The van der Waals surface area contributed by atoms with Crippen LogP contribution in [-0.2, 0) is 0 Å². The number of carboxylic acid groups (broad SMARTS) is 1. The van der Waals surface area contributed by atoms with E-state index in [4.69, 9.17) is 9.52 Å². The standard InChI is InChI=1S/C14H15NO3/c1-9-3-8-12(18-9)13(15-2)10-4-6-11(7-5-10)14(16)17/h3-8,13,15H,1-2H3,(H,16,17). The van der Waals surface area contributed by atoms with Gasteiger partial charge in [-0.15, -0.1) is 0 Å². The van der Waals surface area contributed by atoms with Gasteiger partial charge in [0.1, 0.15) is 11.5 Å². The number of nitrogens with one attached hydrogen (secondary N) is 1. The summed E-state index contributed by atoms with van der Waals surface area (Å²) in [6.07, 6.45) is 0. The van der Waals surface area contributed by atoms with Crippen LogP contribution in [0.1, 0.15) is 33.5 Å². The highest BCUT2D eigenvalue weighted by Crippen LogP contribution is 2.23. The van der Waals surface area contributed by atoms with Crippen LogP contribution in [0.4, 0.5) is 0 Å². The van der Waals surface area contributed by atoms with E-state index in [0.29, 0.717) is 0 Å². The highest BCUT2D eigenvalue weighted by Gasteiger charge is 2.15. The van der Waals surface area contributed by atoms with E-state index in [1.165, 1.54) is 0 Å². The fourth-order valence-corrected chi connectivity index (χ4v) is 1.90. The summed E-state index contributed by atoms with van der Waals surface area (Å²) < 4.78 is 5.59. The van der Waals surface area contributed by atoms with Crippen molar-refractivity contribution in [2.24, 2.45) is 0 Å². The normalized spacial score (nSPS) is 12.3. The molecule has 0 saturated heterocycles. The minimum atomic E-state index is -0.920. The Morgan fingerprint density at radius 2 is 1.89 bits per heavy atom. The number of benzene rings is 1. The molecule has 18 heavy (non-hydrogen) atoms. The van der Waals surface area contributed by atoms with Crippen LogP contribution in [-0.4, -0.2) is 18.1 Å². The second-order valence-electron chi connectivity index (χ2n) is 4.10. The lowest BCUT2D eigenvalue weighted by Crippen LogP contribution is -2.17. The van der Waals surface area contributed by atoms with Crippen LogP contribution in [0.2, 0.25) is 0 Å². The predicted octanol–water partition coefficient (Wildman–Crippen LogP) is 2.60.